The second kappa shape index (κ2) is 12.3. The zero-order valence-corrected chi connectivity index (χ0v) is 21.0. The number of hydrogen-bond donors (Lipinski definition) is 0. The van der Waals surface area contributed by atoms with E-state index < -0.39 is 54.5 Å². The van der Waals surface area contributed by atoms with Gasteiger partial charge in [0.05, 0.1) is 7.11 Å². The van der Waals surface area contributed by atoms with Crippen molar-refractivity contribution in [1.29, 1.82) is 0 Å². The van der Waals surface area contributed by atoms with Crippen molar-refractivity contribution in [2.75, 3.05) is 13.7 Å². The lowest BCUT2D eigenvalue weighted by atomic mass is 9.97. The molecule has 2 aromatic rings. The molecule has 1 aromatic carbocycles. The van der Waals surface area contributed by atoms with E-state index in [2.05, 4.69) is 15.4 Å². The molecule has 0 bridgehead atoms. The summed E-state index contributed by atoms with van der Waals surface area (Å²) in [6.45, 7) is 4.26. The number of methoxy groups -OCH3 is 1. The minimum atomic E-state index is -1.34. The SMILES string of the molecule is COc1cccc(Cc2nnn(C3OC(COC(C)=O)C(OC(C)=O)C(OC(C)=O)C3OC(C)=O)n2)c1. The van der Waals surface area contributed by atoms with Crippen LogP contribution in [0.3, 0.4) is 0 Å². The maximum atomic E-state index is 12.0. The highest BCUT2D eigenvalue weighted by Crippen LogP contribution is 2.34. The van der Waals surface area contributed by atoms with Crippen LogP contribution in [0.1, 0.15) is 45.3 Å². The van der Waals surface area contributed by atoms with Crippen molar-refractivity contribution in [2.45, 2.75) is 64.8 Å². The first-order valence-corrected chi connectivity index (χ1v) is 11.3. The third-order valence-corrected chi connectivity index (χ3v) is 5.16. The molecule has 5 unspecified atom stereocenters. The minimum absolute atomic E-state index is 0.294. The van der Waals surface area contributed by atoms with Crippen LogP contribution in [0.25, 0.3) is 0 Å². The standard InChI is InChI=1S/C23H28N4O10/c1-12(28)33-11-18-20(34-13(2)29)21(35-14(3)30)22(36-15(4)31)23(37-18)27-25-19(24-26-27)10-16-7-6-8-17(9-16)32-5/h6-9,18,20-23H,10-11H2,1-5H3. The summed E-state index contributed by atoms with van der Waals surface area (Å²) in [4.78, 5) is 48.3. The van der Waals surface area contributed by atoms with Gasteiger partial charge in [-0.3, -0.25) is 19.2 Å². The maximum absolute atomic E-state index is 12.0. The molecule has 1 aliphatic heterocycles. The quantitative estimate of drug-likeness (QED) is 0.332. The van der Waals surface area contributed by atoms with Crippen LogP contribution < -0.4 is 4.74 Å². The van der Waals surface area contributed by atoms with Crippen molar-refractivity contribution in [3.05, 3.63) is 35.7 Å². The van der Waals surface area contributed by atoms with Gasteiger partial charge in [0.15, 0.2) is 24.1 Å². The Morgan fingerprint density at radius 3 is 2.19 bits per heavy atom. The summed E-state index contributed by atoms with van der Waals surface area (Å²) < 4.78 is 32.5. The third-order valence-electron chi connectivity index (χ3n) is 5.16. The first-order chi connectivity index (χ1) is 17.6. The Morgan fingerprint density at radius 2 is 1.57 bits per heavy atom. The molecule has 2 heterocycles. The highest BCUT2D eigenvalue weighted by atomic mass is 16.7. The summed E-state index contributed by atoms with van der Waals surface area (Å²) >= 11 is 0. The van der Waals surface area contributed by atoms with Crippen molar-refractivity contribution < 1.29 is 47.6 Å². The number of tetrazole rings is 1. The van der Waals surface area contributed by atoms with Crippen LogP contribution in [0.5, 0.6) is 5.75 Å². The van der Waals surface area contributed by atoms with Crippen LogP contribution in [-0.2, 0) is 49.3 Å². The van der Waals surface area contributed by atoms with Crippen LogP contribution in [-0.4, -0.2) is 82.2 Å². The molecule has 200 valence electrons. The highest BCUT2D eigenvalue weighted by molar-refractivity contribution is 5.68. The Hall–Kier alpha value is -4.07. The van der Waals surface area contributed by atoms with Gasteiger partial charge in [0.1, 0.15) is 18.5 Å². The van der Waals surface area contributed by atoms with E-state index in [1.807, 2.05) is 18.2 Å². The van der Waals surface area contributed by atoms with Gasteiger partial charge in [-0.15, -0.1) is 15.0 Å². The maximum Gasteiger partial charge on any atom is 0.303 e. The van der Waals surface area contributed by atoms with Gasteiger partial charge in [-0.2, -0.15) is 0 Å². The lowest BCUT2D eigenvalue weighted by Crippen LogP contribution is -2.60. The third kappa shape index (κ3) is 7.46. The predicted molar refractivity (Wildman–Crippen MR) is 121 cm³/mol. The van der Waals surface area contributed by atoms with Gasteiger partial charge in [-0.05, 0) is 22.9 Å². The van der Waals surface area contributed by atoms with Crippen molar-refractivity contribution in [3.63, 3.8) is 0 Å². The number of carbonyl (C=O) groups excluding carboxylic acids is 4. The summed E-state index contributed by atoms with van der Waals surface area (Å²) in [5, 5.41) is 12.4. The van der Waals surface area contributed by atoms with Crippen molar-refractivity contribution in [2.24, 2.45) is 0 Å². The molecular formula is C23H28N4O10. The first-order valence-electron chi connectivity index (χ1n) is 11.3. The highest BCUT2D eigenvalue weighted by Gasteiger charge is 2.53. The molecule has 0 aliphatic carbocycles. The summed E-state index contributed by atoms with van der Waals surface area (Å²) in [6, 6.07) is 7.29. The first kappa shape index (κ1) is 27.5. The second-order valence-electron chi connectivity index (χ2n) is 8.14. The number of esters is 4. The molecule has 1 aromatic heterocycles. The van der Waals surface area contributed by atoms with E-state index in [1.165, 1.54) is 6.92 Å². The Bertz CT molecular complexity index is 1140. The van der Waals surface area contributed by atoms with Gasteiger partial charge in [0.25, 0.3) is 0 Å². The number of nitrogens with zero attached hydrogens (tertiary/aromatic N) is 4. The van der Waals surface area contributed by atoms with E-state index in [0.29, 0.717) is 18.0 Å². The molecule has 0 saturated carbocycles. The molecule has 0 N–H and O–H groups in total. The van der Waals surface area contributed by atoms with Gasteiger partial charge in [0.2, 0.25) is 6.23 Å². The van der Waals surface area contributed by atoms with Gasteiger partial charge in [0, 0.05) is 34.1 Å². The van der Waals surface area contributed by atoms with E-state index in [0.717, 1.165) is 31.1 Å². The lowest BCUT2D eigenvalue weighted by molar-refractivity contribution is -0.272. The Morgan fingerprint density at radius 1 is 0.919 bits per heavy atom. The topological polar surface area (TPSA) is 167 Å². The fraction of sp³-hybridized carbons (Fsp3) is 0.522. The average molecular weight is 520 g/mol. The number of rotatable bonds is 9. The van der Waals surface area contributed by atoms with E-state index in [1.54, 1.807) is 13.2 Å². The largest absolute Gasteiger partial charge is 0.497 e. The molecule has 1 aliphatic rings. The summed E-state index contributed by atoms with van der Waals surface area (Å²) in [6.07, 6.45) is -6.05. The van der Waals surface area contributed by atoms with Crippen molar-refractivity contribution in [3.8, 4) is 5.75 Å². The lowest BCUT2D eigenvalue weighted by Gasteiger charge is -2.43. The molecule has 0 radical (unpaired) electrons. The molecule has 1 saturated heterocycles. The average Bonchev–Trinajstić information content (AvgIpc) is 3.27. The monoisotopic (exact) mass is 520 g/mol. The second-order valence-corrected chi connectivity index (χ2v) is 8.14. The molecule has 14 heteroatoms. The molecule has 3 rings (SSSR count). The van der Waals surface area contributed by atoms with Gasteiger partial charge in [-0.25, -0.2) is 0 Å². The van der Waals surface area contributed by atoms with E-state index >= 15 is 0 Å². The number of carbonyl (C=O) groups is 4. The predicted octanol–water partition coefficient (Wildman–Crippen LogP) is 0.528. The molecule has 5 atom stereocenters. The van der Waals surface area contributed by atoms with Gasteiger partial charge >= 0.3 is 23.9 Å². The van der Waals surface area contributed by atoms with E-state index in [9.17, 15) is 19.2 Å². The number of ether oxygens (including phenoxy) is 6. The van der Waals surface area contributed by atoms with Gasteiger partial charge in [-0.1, -0.05) is 12.1 Å². The minimum Gasteiger partial charge on any atom is -0.497 e. The van der Waals surface area contributed by atoms with Crippen LogP contribution >= 0.6 is 0 Å². The summed E-state index contributed by atoms with van der Waals surface area (Å²) in [7, 11) is 1.55. The van der Waals surface area contributed by atoms with Crippen LogP contribution in [0.15, 0.2) is 24.3 Å². The zero-order chi connectivity index (χ0) is 27.1. The van der Waals surface area contributed by atoms with E-state index in [-0.39, 0.29) is 6.61 Å². The summed E-state index contributed by atoms with van der Waals surface area (Å²) in [5.74, 6) is -1.85. The molecular weight excluding hydrogens is 492 g/mol. The summed E-state index contributed by atoms with van der Waals surface area (Å²) in [5.41, 5.74) is 0.848. The number of hydrogen-bond acceptors (Lipinski definition) is 13. The van der Waals surface area contributed by atoms with Crippen molar-refractivity contribution >= 4 is 23.9 Å². The molecule has 37 heavy (non-hydrogen) atoms. The smallest absolute Gasteiger partial charge is 0.303 e. The molecule has 14 nitrogen and oxygen atoms in total. The van der Waals surface area contributed by atoms with Crippen LogP contribution in [0, 0.1) is 0 Å². The molecule has 0 amide bonds. The molecule has 1 fully saturated rings. The van der Waals surface area contributed by atoms with Crippen LogP contribution in [0.4, 0.5) is 0 Å². The molecule has 0 spiro atoms. The fourth-order valence-electron chi connectivity index (χ4n) is 3.79. The fourth-order valence-corrected chi connectivity index (χ4v) is 3.79. The normalized spacial score (nSPS) is 23.0. The Balaban J connectivity index is 1.97. The number of aromatic nitrogens is 4. The van der Waals surface area contributed by atoms with Gasteiger partial charge < -0.3 is 28.4 Å². The Kier molecular flexibility index (Phi) is 9.11. The van der Waals surface area contributed by atoms with Crippen LogP contribution in [0.2, 0.25) is 0 Å². The Labute approximate surface area is 212 Å². The van der Waals surface area contributed by atoms with E-state index in [4.69, 9.17) is 28.4 Å². The zero-order valence-electron chi connectivity index (χ0n) is 21.0. The number of benzene rings is 1. The van der Waals surface area contributed by atoms with Crippen molar-refractivity contribution in [1.82, 2.24) is 20.2 Å².